The predicted octanol–water partition coefficient (Wildman–Crippen LogP) is 4.80. The van der Waals surface area contributed by atoms with E-state index >= 15 is 0 Å². The van der Waals surface area contributed by atoms with Crippen molar-refractivity contribution in [3.8, 4) is 0 Å². The molecule has 0 spiro atoms. The number of rotatable bonds is 3. The van der Waals surface area contributed by atoms with Gasteiger partial charge in [0.05, 0.1) is 0 Å². The van der Waals surface area contributed by atoms with Crippen LogP contribution in [0.15, 0.2) is 42.5 Å². The van der Waals surface area contributed by atoms with E-state index < -0.39 is 0 Å². The Labute approximate surface area is 178 Å². The Bertz CT molecular complexity index is 898. The van der Waals surface area contributed by atoms with Crippen LogP contribution in [0.1, 0.15) is 65.1 Å². The summed E-state index contributed by atoms with van der Waals surface area (Å²) in [6, 6.07) is 13.9. The van der Waals surface area contributed by atoms with Crippen molar-refractivity contribution in [2.75, 3.05) is 26.2 Å². The van der Waals surface area contributed by atoms with E-state index in [0.717, 1.165) is 32.0 Å². The third-order valence-electron chi connectivity index (χ3n) is 7.50. The molecule has 2 aliphatic heterocycles. The quantitative estimate of drug-likeness (QED) is 0.731. The van der Waals surface area contributed by atoms with Gasteiger partial charge in [0.15, 0.2) is 0 Å². The number of hydrogen-bond acceptors (Lipinski definition) is 2. The number of likely N-dealkylation sites (tertiary alicyclic amines) is 1. The molecule has 0 N–H and O–H groups in total. The van der Waals surface area contributed by atoms with Crippen LogP contribution in [0.4, 0.5) is 4.39 Å². The molecule has 2 fully saturated rings. The summed E-state index contributed by atoms with van der Waals surface area (Å²) in [4.78, 5) is 17.3. The van der Waals surface area contributed by atoms with Crippen LogP contribution in [-0.2, 0) is 12.8 Å². The molecule has 30 heavy (non-hydrogen) atoms. The standard InChI is InChI=1S/C26H31FN2O/c27-24-8-6-21(7-9-24)26(30)29-16-11-20(12-17-29)22-5-4-19-10-14-28(25-2-1-3-25)15-13-23(19)18-22/h4-9,18,20,25H,1-3,10-17H2. The van der Waals surface area contributed by atoms with Crippen LogP contribution in [0.5, 0.6) is 0 Å². The number of hydrogen-bond donors (Lipinski definition) is 0. The molecule has 0 radical (unpaired) electrons. The van der Waals surface area contributed by atoms with Crippen LogP contribution in [0, 0.1) is 5.82 Å². The maximum absolute atomic E-state index is 13.1. The van der Waals surface area contributed by atoms with Gasteiger partial charge in [-0.25, -0.2) is 4.39 Å². The maximum atomic E-state index is 13.1. The SMILES string of the molecule is O=C(c1ccc(F)cc1)N1CCC(c2ccc3c(c2)CCN(C2CCC2)CC3)CC1. The third kappa shape index (κ3) is 4.02. The Morgan fingerprint density at radius 1 is 0.833 bits per heavy atom. The van der Waals surface area contributed by atoms with Gasteiger partial charge in [-0.15, -0.1) is 0 Å². The highest BCUT2D eigenvalue weighted by atomic mass is 19.1. The second-order valence-electron chi connectivity index (χ2n) is 9.22. The summed E-state index contributed by atoms with van der Waals surface area (Å²) >= 11 is 0. The molecule has 0 atom stereocenters. The summed E-state index contributed by atoms with van der Waals surface area (Å²) in [5.41, 5.74) is 5.10. The third-order valence-corrected chi connectivity index (χ3v) is 7.50. The molecule has 2 heterocycles. The van der Waals surface area contributed by atoms with Crippen molar-refractivity contribution < 1.29 is 9.18 Å². The van der Waals surface area contributed by atoms with Gasteiger partial charge < -0.3 is 4.90 Å². The van der Waals surface area contributed by atoms with Crippen LogP contribution in [0.25, 0.3) is 0 Å². The van der Waals surface area contributed by atoms with Crippen molar-refractivity contribution >= 4 is 5.91 Å². The average Bonchev–Trinajstić information content (AvgIpc) is 2.95. The zero-order valence-electron chi connectivity index (χ0n) is 17.7. The maximum Gasteiger partial charge on any atom is 0.253 e. The van der Waals surface area contributed by atoms with Gasteiger partial charge in [0.25, 0.3) is 5.91 Å². The van der Waals surface area contributed by atoms with Crippen molar-refractivity contribution in [3.63, 3.8) is 0 Å². The van der Waals surface area contributed by atoms with Gasteiger partial charge in [-0.1, -0.05) is 24.6 Å². The van der Waals surface area contributed by atoms with Gasteiger partial charge in [0.2, 0.25) is 0 Å². The summed E-state index contributed by atoms with van der Waals surface area (Å²) in [5, 5.41) is 0. The first-order valence-corrected chi connectivity index (χ1v) is 11.6. The molecule has 1 aliphatic carbocycles. The van der Waals surface area contributed by atoms with E-state index in [9.17, 15) is 9.18 Å². The monoisotopic (exact) mass is 406 g/mol. The Kier molecular flexibility index (Phi) is 5.60. The molecule has 158 valence electrons. The first-order chi connectivity index (χ1) is 14.7. The van der Waals surface area contributed by atoms with E-state index in [1.165, 1.54) is 68.5 Å². The lowest BCUT2D eigenvalue weighted by molar-refractivity contribution is 0.0713. The van der Waals surface area contributed by atoms with E-state index in [0.29, 0.717) is 11.5 Å². The fourth-order valence-corrected chi connectivity index (χ4v) is 5.32. The molecule has 5 rings (SSSR count). The van der Waals surface area contributed by atoms with Crippen LogP contribution in [-0.4, -0.2) is 47.9 Å². The number of benzene rings is 2. The number of nitrogens with zero attached hydrogens (tertiary/aromatic N) is 2. The van der Waals surface area contributed by atoms with Gasteiger partial charge in [0.1, 0.15) is 5.82 Å². The van der Waals surface area contributed by atoms with Gasteiger partial charge in [0, 0.05) is 37.8 Å². The fraction of sp³-hybridized carbons (Fsp3) is 0.500. The van der Waals surface area contributed by atoms with Crippen molar-refractivity contribution in [2.45, 2.75) is 56.9 Å². The Hall–Kier alpha value is -2.20. The first kappa shape index (κ1) is 19.7. The van der Waals surface area contributed by atoms with Gasteiger partial charge >= 0.3 is 0 Å². The van der Waals surface area contributed by atoms with Crippen LogP contribution >= 0.6 is 0 Å². The van der Waals surface area contributed by atoms with Crippen molar-refractivity contribution in [1.29, 1.82) is 0 Å². The van der Waals surface area contributed by atoms with Crippen molar-refractivity contribution in [2.24, 2.45) is 0 Å². The van der Waals surface area contributed by atoms with Crippen LogP contribution in [0.2, 0.25) is 0 Å². The smallest absolute Gasteiger partial charge is 0.253 e. The lowest BCUT2D eigenvalue weighted by atomic mass is 9.86. The molecule has 0 aromatic heterocycles. The molecule has 1 amide bonds. The largest absolute Gasteiger partial charge is 0.339 e. The molecule has 1 saturated heterocycles. The minimum Gasteiger partial charge on any atom is -0.339 e. The highest BCUT2D eigenvalue weighted by Gasteiger charge is 2.28. The summed E-state index contributed by atoms with van der Waals surface area (Å²) in [5.74, 6) is 0.245. The van der Waals surface area contributed by atoms with Crippen molar-refractivity contribution in [1.82, 2.24) is 9.80 Å². The van der Waals surface area contributed by atoms with E-state index in [4.69, 9.17) is 0 Å². The molecule has 3 aliphatic rings. The normalized spacial score (nSPS) is 21.0. The first-order valence-electron chi connectivity index (χ1n) is 11.6. The molecule has 0 bridgehead atoms. The molecular weight excluding hydrogens is 375 g/mol. The molecule has 3 nitrogen and oxygen atoms in total. The topological polar surface area (TPSA) is 23.6 Å². The number of carbonyl (C=O) groups excluding carboxylic acids is 1. The van der Waals surface area contributed by atoms with E-state index in [2.05, 4.69) is 23.1 Å². The summed E-state index contributed by atoms with van der Waals surface area (Å²) < 4.78 is 13.1. The number of fused-ring (bicyclic) bond motifs is 1. The number of halogens is 1. The zero-order valence-corrected chi connectivity index (χ0v) is 17.7. The van der Waals surface area contributed by atoms with E-state index in [-0.39, 0.29) is 11.7 Å². The number of amides is 1. The molecule has 1 saturated carbocycles. The number of piperidine rings is 1. The minimum atomic E-state index is -0.302. The van der Waals surface area contributed by atoms with Gasteiger partial charge in [-0.05, 0) is 85.4 Å². The zero-order chi connectivity index (χ0) is 20.5. The van der Waals surface area contributed by atoms with Gasteiger partial charge in [-0.2, -0.15) is 0 Å². The Balaban J connectivity index is 1.21. The highest BCUT2D eigenvalue weighted by Crippen LogP contribution is 2.32. The predicted molar refractivity (Wildman–Crippen MR) is 117 cm³/mol. The molecule has 0 unspecified atom stereocenters. The summed E-state index contributed by atoms with van der Waals surface area (Å²) in [6.07, 6.45) is 8.52. The van der Waals surface area contributed by atoms with Crippen LogP contribution < -0.4 is 0 Å². The Morgan fingerprint density at radius 3 is 2.20 bits per heavy atom. The summed E-state index contributed by atoms with van der Waals surface area (Å²) in [6.45, 7) is 3.95. The van der Waals surface area contributed by atoms with Gasteiger partial charge in [-0.3, -0.25) is 9.69 Å². The lowest BCUT2D eigenvalue weighted by Crippen LogP contribution is -2.41. The highest BCUT2D eigenvalue weighted by molar-refractivity contribution is 5.94. The lowest BCUT2D eigenvalue weighted by Gasteiger charge is -2.36. The molecular formula is C26H31FN2O. The molecule has 4 heteroatoms. The average molecular weight is 407 g/mol. The number of carbonyl (C=O) groups is 1. The van der Waals surface area contributed by atoms with Crippen LogP contribution in [0.3, 0.4) is 0 Å². The van der Waals surface area contributed by atoms with Crippen molar-refractivity contribution in [3.05, 3.63) is 70.5 Å². The molecule has 2 aromatic rings. The molecule has 2 aromatic carbocycles. The van der Waals surface area contributed by atoms with E-state index in [1.807, 2.05) is 4.90 Å². The minimum absolute atomic E-state index is 0.0199. The summed E-state index contributed by atoms with van der Waals surface area (Å²) in [7, 11) is 0. The Morgan fingerprint density at radius 2 is 1.53 bits per heavy atom. The second kappa shape index (κ2) is 8.50. The van der Waals surface area contributed by atoms with E-state index in [1.54, 1.807) is 17.7 Å². The fourth-order valence-electron chi connectivity index (χ4n) is 5.32. The second-order valence-corrected chi connectivity index (χ2v) is 9.22.